The Morgan fingerprint density at radius 2 is 1.50 bits per heavy atom. The molecule has 6 rings (SSSR count). The number of carbonyl (C=O) groups is 2. The van der Waals surface area contributed by atoms with Crippen molar-refractivity contribution in [3.8, 4) is 0 Å². The minimum Gasteiger partial charge on any atom is -0.366 e. The average molecular weight is 598 g/mol. The van der Waals surface area contributed by atoms with Gasteiger partial charge in [0.15, 0.2) is 0 Å². The Bertz CT molecular complexity index is 1290. The van der Waals surface area contributed by atoms with Gasteiger partial charge in [-0.3, -0.25) is 29.4 Å². The third-order valence-electron chi connectivity index (χ3n) is 9.68. The first-order chi connectivity index (χ1) is 21.6. The smallest absolute Gasteiger partial charge is 0.251 e. The van der Waals surface area contributed by atoms with Gasteiger partial charge in [0.05, 0.1) is 11.9 Å². The van der Waals surface area contributed by atoms with Gasteiger partial charge >= 0.3 is 0 Å². The quantitative estimate of drug-likeness (QED) is 0.243. The minimum atomic E-state index is -0.397. The van der Waals surface area contributed by atoms with E-state index in [2.05, 4.69) is 91.1 Å². The van der Waals surface area contributed by atoms with Crippen LogP contribution in [0.1, 0.15) is 55.7 Å². The number of benzene rings is 2. The van der Waals surface area contributed by atoms with Crippen molar-refractivity contribution in [3.05, 3.63) is 84.2 Å². The summed E-state index contributed by atoms with van der Waals surface area (Å²) in [7, 11) is 0. The maximum absolute atomic E-state index is 12.2. The van der Waals surface area contributed by atoms with Gasteiger partial charge in [0, 0.05) is 71.0 Å². The Morgan fingerprint density at radius 1 is 0.841 bits per heavy atom. The van der Waals surface area contributed by atoms with E-state index in [1.54, 1.807) is 4.68 Å². The van der Waals surface area contributed by atoms with Crippen LogP contribution in [0.15, 0.2) is 73.1 Å². The molecule has 2 amide bonds. The van der Waals surface area contributed by atoms with E-state index < -0.39 is 6.04 Å². The Kier molecular flexibility index (Phi) is 10.4. The molecular formula is C35H47N7O2. The van der Waals surface area contributed by atoms with Crippen LogP contribution in [0.25, 0.3) is 0 Å². The van der Waals surface area contributed by atoms with Crippen molar-refractivity contribution >= 4 is 17.5 Å². The number of piperidine rings is 1. The van der Waals surface area contributed by atoms with Gasteiger partial charge in [0.2, 0.25) is 5.91 Å². The van der Waals surface area contributed by atoms with Crippen molar-refractivity contribution in [3.63, 3.8) is 0 Å². The second-order valence-corrected chi connectivity index (χ2v) is 12.7. The molecule has 1 aromatic heterocycles. The average Bonchev–Trinajstić information content (AvgIpc) is 3.54. The highest BCUT2D eigenvalue weighted by atomic mass is 16.2. The molecule has 3 heterocycles. The zero-order valence-corrected chi connectivity index (χ0v) is 25.8. The molecule has 0 radical (unpaired) electrons. The Hall–Kier alpha value is -3.53. The predicted octanol–water partition coefficient (Wildman–Crippen LogP) is 3.83. The highest BCUT2D eigenvalue weighted by molar-refractivity contribution is 5.99. The fourth-order valence-corrected chi connectivity index (χ4v) is 7.03. The summed E-state index contributed by atoms with van der Waals surface area (Å²) in [5, 5.41) is 10.6. The summed E-state index contributed by atoms with van der Waals surface area (Å²) in [5.41, 5.74) is 3.85. The number of nitrogens with zero attached hydrogens (tertiary/aromatic N) is 5. The van der Waals surface area contributed by atoms with E-state index in [1.807, 2.05) is 12.4 Å². The number of piperazine rings is 1. The van der Waals surface area contributed by atoms with Crippen LogP contribution in [-0.2, 0) is 22.7 Å². The van der Waals surface area contributed by atoms with E-state index in [4.69, 9.17) is 0 Å². The third kappa shape index (κ3) is 8.14. The van der Waals surface area contributed by atoms with Crippen LogP contribution in [0, 0.1) is 5.92 Å². The summed E-state index contributed by atoms with van der Waals surface area (Å²) in [6.45, 7) is 9.19. The zero-order chi connectivity index (χ0) is 30.1. The van der Waals surface area contributed by atoms with Gasteiger partial charge in [-0.2, -0.15) is 5.10 Å². The van der Waals surface area contributed by atoms with Gasteiger partial charge in [-0.25, -0.2) is 0 Å². The molecule has 0 spiro atoms. The molecule has 1 atom stereocenters. The Balaban J connectivity index is 0.890. The first-order valence-electron chi connectivity index (χ1n) is 16.5. The van der Waals surface area contributed by atoms with E-state index in [-0.39, 0.29) is 11.8 Å². The third-order valence-corrected chi connectivity index (χ3v) is 9.68. The summed E-state index contributed by atoms with van der Waals surface area (Å²) in [4.78, 5) is 31.3. The van der Waals surface area contributed by atoms with Gasteiger partial charge in [-0.15, -0.1) is 0 Å². The maximum atomic E-state index is 12.2. The number of hydrogen-bond donors (Lipinski definition) is 2. The molecule has 234 valence electrons. The van der Waals surface area contributed by atoms with Gasteiger partial charge in [-0.05, 0) is 55.7 Å². The summed E-state index contributed by atoms with van der Waals surface area (Å²) in [6, 6.07) is 22.1. The van der Waals surface area contributed by atoms with Crippen LogP contribution in [-0.4, -0.2) is 83.2 Å². The lowest BCUT2D eigenvalue weighted by atomic mass is 9.85. The van der Waals surface area contributed by atoms with Crippen LogP contribution in [0.2, 0.25) is 0 Å². The number of anilines is 1. The topological polar surface area (TPSA) is 85.7 Å². The van der Waals surface area contributed by atoms with E-state index in [9.17, 15) is 9.59 Å². The lowest BCUT2D eigenvalue weighted by Crippen LogP contribution is -2.48. The first kappa shape index (κ1) is 30.5. The number of carbonyl (C=O) groups excluding carboxylic acids is 2. The Morgan fingerprint density at radius 3 is 2.14 bits per heavy atom. The Labute approximate surface area is 261 Å². The van der Waals surface area contributed by atoms with Gasteiger partial charge < -0.3 is 10.2 Å². The van der Waals surface area contributed by atoms with E-state index in [0.29, 0.717) is 18.9 Å². The fourth-order valence-electron chi connectivity index (χ4n) is 7.03. The van der Waals surface area contributed by atoms with Crippen molar-refractivity contribution in [2.45, 2.75) is 63.7 Å². The van der Waals surface area contributed by atoms with E-state index in [1.165, 1.54) is 36.8 Å². The number of hydrogen-bond acceptors (Lipinski definition) is 7. The van der Waals surface area contributed by atoms with Crippen molar-refractivity contribution in [2.24, 2.45) is 5.92 Å². The molecule has 3 fully saturated rings. The largest absolute Gasteiger partial charge is 0.366 e. The van der Waals surface area contributed by atoms with Crippen molar-refractivity contribution in [1.29, 1.82) is 0 Å². The molecule has 1 aliphatic carbocycles. The molecular weight excluding hydrogens is 550 g/mol. The number of aromatic nitrogens is 2. The molecule has 9 nitrogen and oxygen atoms in total. The maximum Gasteiger partial charge on any atom is 0.251 e. The van der Waals surface area contributed by atoms with Crippen molar-refractivity contribution in [1.82, 2.24) is 30.2 Å². The molecule has 2 N–H and O–H groups in total. The molecule has 2 aliphatic heterocycles. The molecule has 2 saturated heterocycles. The molecule has 2 aromatic carbocycles. The minimum absolute atomic E-state index is 0.197. The van der Waals surface area contributed by atoms with Crippen LogP contribution in [0.4, 0.5) is 5.69 Å². The van der Waals surface area contributed by atoms with Crippen LogP contribution < -0.4 is 15.5 Å². The summed E-state index contributed by atoms with van der Waals surface area (Å²) in [6.07, 6.45) is 9.80. The van der Waals surface area contributed by atoms with Crippen LogP contribution >= 0.6 is 0 Å². The summed E-state index contributed by atoms with van der Waals surface area (Å²) < 4.78 is 1.71. The van der Waals surface area contributed by atoms with Crippen molar-refractivity contribution in [2.75, 3.05) is 50.7 Å². The molecule has 1 unspecified atom stereocenters. The second-order valence-electron chi connectivity index (χ2n) is 12.7. The SMILES string of the molecule is O=C1CCC(n2cc(N3CCN(CCNCC4CCC(N(Cc5ccccc5)Cc5ccccc5)CC4)CC3)cn2)C(=O)N1. The molecule has 0 bridgehead atoms. The van der Waals surface area contributed by atoms with Gasteiger partial charge in [0.1, 0.15) is 6.04 Å². The molecule has 9 heteroatoms. The summed E-state index contributed by atoms with van der Waals surface area (Å²) >= 11 is 0. The molecule has 1 saturated carbocycles. The van der Waals surface area contributed by atoms with Crippen molar-refractivity contribution < 1.29 is 9.59 Å². The molecule has 44 heavy (non-hydrogen) atoms. The number of nitrogens with one attached hydrogen (secondary N) is 2. The normalized spacial score (nSPS) is 23.2. The number of rotatable bonds is 12. The number of imide groups is 1. The molecule has 3 aromatic rings. The van der Waals surface area contributed by atoms with E-state index in [0.717, 1.165) is 70.5 Å². The monoisotopic (exact) mass is 597 g/mol. The molecule has 3 aliphatic rings. The predicted molar refractivity (Wildman–Crippen MR) is 173 cm³/mol. The van der Waals surface area contributed by atoms with E-state index >= 15 is 0 Å². The second kappa shape index (κ2) is 15.0. The van der Waals surface area contributed by atoms with Gasteiger partial charge in [0.25, 0.3) is 5.91 Å². The highest BCUT2D eigenvalue weighted by Gasteiger charge is 2.30. The fraction of sp³-hybridized carbons (Fsp3) is 0.514. The zero-order valence-electron chi connectivity index (χ0n) is 25.8. The summed E-state index contributed by atoms with van der Waals surface area (Å²) in [5.74, 6) is 0.311. The van der Waals surface area contributed by atoms with Crippen LogP contribution in [0.3, 0.4) is 0 Å². The lowest BCUT2D eigenvalue weighted by Gasteiger charge is -2.37. The first-order valence-corrected chi connectivity index (χ1v) is 16.5. The highest BCUT2D eigenvalue weighted by Crippen LogP contribution is 2.29. The standard InChI is InChI=1S/C35H47N7O2/c43-34-16-15-33(35(44)38-34)42-27-32(24-37-42)40-21-19-39(20-22-40)18-17-36-23-28-11-13-31(14-12-28)41(25-29-7-3-1-4-8-29)26-30-9-5-2-6-10-30/h1-10,24,27-28,31,33,36H,11-23,25-26H2,(H,38,43,44). The lowest BCUT2D eigenvalue weighted by molar-refractivity contribution is -0.135. The van der Waals surface area contributed by atoms with Gasteiger partial charge in [-0.1, -0.05) is 60.7 Å². The number of amides is 2. The van der Waals surface area contributed by atoms with Crippen LogP contribution in [0.5, 0.6) is 0 Å².